The maximum Gasteiger partial charge on any atom is 0.323 e. The number of carboxylic acids is 1. The Labute approximate surface area is 129 Å². The highest BCUT2D eigenvalue weighted by Crippen LogP contribution is 2.29. The topological polar surface area (TPSA) is 42.2 Å². The Bertz CT molecular complexity index is 786. The molecule has 1 heterocycles. The Balaban J connectivity index is 2.13. The summed E-state index contributed by atoms with van der Waals surface area (Å²) in [5, 5.41) is 9.25. The van der Waals surface area contributed by atoms with Crippen molar-refractivity contribution in [2.45, 2.75) is 13.5 Å². The first kappa shape index (κ1) is 14.1. The average Bonchev–Trinajstić information content (AvgIpc) is 2.92. The summed E-state index contributed by atoms with van der Waals surface area (Å²) in [5.74, 6) is -0.846. The largest absolute Gasteiger partial charge is 0.480 e. The maximum atomic E-state index is 11.3. The van der Waals surface area contributed by atoms with Gasteiger partial charge in [0.05, 0.1) is 0 Å². The first-order chi connectivity index (χ1) is 10.6. The number of rotatable bonds is 4. The van der Waals surface area contributed by atoms with Crippen molar-refractivity contribution in [3.63, 3.8) is 0 Å². The number of carbonyl (C=O) groups is 1. The minimum absolute atomic E-state index is 0.0551. The van der Waals surface area contributed by atoms with Crippen LogP contribution in [-0.4, -0.2) is 15.6 Å². The highest BCUT2D eigenvalue weighted by molar-refractivity contribution is 5.74. The smallest absolute Gasteiger partial charge is 0.323 e. The third kappa shape index (κ3) is 2.79. The van der Waals surface area contributed by atoms with E-state index in [9.17, 15) is 9.90 Å². The minimum Gasteiger partial charge on any atom is -0.480 e. The molecule has 0 radical (unpaired) electrons. The Morgan fingerprint density at radius 1 is 0.864 bits per heavy atom. The summed E-state index contributed by atoms with van der Waals surface area (Å²) in [5.41, 5.74) is 5.05. The van der Waals surface area contributed by atoms with Gasteiger partial charge in [0, 0.05) is 11.4 Å². The lowest BCUT2D eigenvalue weighted by Crippen LogP contribution is -2.11. The third-order valence-corrected chi connectivity index (χ3v) is 3.69. The van der Waals surface area contributed by atoms with Crippen LogP contribution >= 0.6 is 0 Å². The second kappa shape index (κ2) is 5.90. The Morgan fingerprint density at radius 3 is 1.95 bits per heavy atom. The number of hydrogen-bond donors (Lipinski definition) is 1. The molecule has 3 heteroatoms. The second-order valence-corrected chi connectivity index (χ2v) is 5.32. The molecule has 0 fully saturated rings. The standard InChI is InChI=1S/C19H17NO2/c1-14-7-9-16(10-8-14)18-12-11-17(20(18)13-19(21)22)15-5-3-2-4-6-15/h2-12H,13H2,1H3,(H,21,22). The summed E-state index contributed by atoms with van der Waals surface area (Å²) in [7, 11) is 0. The molecular weight excluding hydrogens is 274 g/mol. The fourth-order valence-corrected chi connectivity index (χ4v) is 2.61. The van der Waals surface area contributed by atoms with E-state index in [1.165, 1.54) is 5.56 Å². The molecule has 0 bridgehead atoms. The van der Waals surface area contributed by atoms with E-state index < -0.39 is 5.97 Å². The zero-order valence-electron chi connectivity index (χ0n) is 12.4. The molecule has 0 atom stereocenters. The fraction of sp³-hybridized carbons (Fsp3) is 0.105. The second-order valence-electron chi connectivity index (χ2n) is 5.32. The minimum atomic E-state index is -0.846. The van der Waals surface area contributed by atoms with Crippen molar-refractivity contribution in [3.05, 3.63) is 72.3 Å². The molecular formula is C19H17NO2. The molecule has 0 aliphatic rings. The van der Waals surface area contributed by atoms with Gasteiger partial charge in [0.2, 0.25) is 0 Å². The van der Waals surface area contributed by atoms with Crippen LogP contribution in [0.4, 0.5) is 0 Å². The van der Waals surface area contributed by atoms with Crippen LogP contribution in [0.1, 0.15) is 5.56 Å². The van der Waals surface area contributed by atoms with Gasteiger partial charge in [0.1, 0.15) is 6.54 Å². The Hall–Kier alpha value is -2.81. The zero-order valence-corrected chi connectivity index (χ0v) is 12.4. The summed E-state index contributed by atoms with van der Waals surface area (Å²) < 4.78 is 1.85. The summed E-state index contributed by atoms with van der Waals surface area (Å²) in [6, 6.07) is 21.9. The molecule has 0 saturated carbocycles. The lowest BCUT2D eigenvalue weighted by molar-refractivity contribution is -0.137. The Morgan fingerprint density at radius 2 is 1.41 bits per heavy atom. The van der Waals surface area contributed by atoms with Gasteiger partial charge in [0.25, 0.3) is 0 Å². The highest BCUT2D eigenvalue weighted by Gasteiger charge is 2.13. The molecule has 0 amide bonds. The summed E-state index contributed by atoms with van der Waals surface area (Å²) in [4.78, 5) is 11.3. The molecule has 1 aromatic heterocycles. The van der Waals surface area contributed by atoms with E-state index in [4.69, 9.17) is 0 Å². The van der Waals surface area contributed by atoms with Crippen LogP contribution in [0, 0.1) is 6.92 Å². The molecule has 0 spiro atoms. The quantitative estimate of drug-likeness (QED) is 0.782. The van der Waals surface area contributed by atoms with E-state index >= 15 is 0 Å². The van der Waals surface area contributed by atoms with Crippen LogP contribution < -0.4 is 0 Å². The van der Waals surface area contributed by atoms with Gasteiger partial charge in [-0.25, -0.2) is 0 Å². The van der Waals surface area contributed by atoms with Gasteiger partial charge in [-0.3, -0.25) is 4.79 Å². The van der Waals surface area contributed by atoms with E-state index in [1.54, 1.807) is 0 Å². The van der Waals surface area contributed by atoms with Gasteiger partial charge in [-0.05, 0) is 30.2 Å². The van der Waals surface area contributed by atoms with Crippen molar-refractivity contribution in [1.82, 2.24) is 4.57 Å². The number of aryl methyl sites for hydroxylation is 1. The molecule has 3 rings (SSSR count). The van der Waals surface area contributed by atoms with E-state index in [0.29, 0.717) is 0 Å². The summed E-state index contributed by atoms with van der Waals surface area (Å²) >= 11 is 0. The number of carboxylic acid groups (broad SMARTS) is 1. The van der Waals surface area contributed by atoms with Gasteiger partial charge in [-0.15, -0.1) is 0 Å². The lowest BCUT2D eigenvalue weighted by atomic mass is 10.1. The van der Waals surface area contributed by atoms with E-state index in [0.717, 1.165) is 22.5 Å². The monoisotopic (exact) mass is 291 g/mol. The SMILES string of the molecule is Cc1ccc(-c2ccc(-c3ccccc3)n2CC(=O)O)cc1. The Kier molecular flexibility index (Phi) is 3.79. The van der Waals surface area contributed by atoms with Crippen LogP contribution in [-0.2, 0) is 11.3 Å². The van der Waals surface area contributed by atoms with Crippen molar-refractivity contribution in [1.29, 1.82) is 0 Å². The van der Waals surface area contributed by atoms with Gasteiger partial charge >= 0.3 is 5.97 Å². The maximum absolute atomic E-state index is 11.3. The highest BCUT2D eigenvalue weighted by atomic mass is 16.4. The molecule has 3 aromatic rings. The number of benzene rings is 2. The zero-order chi connectivity index (χ0) is 15.5. The van der Waals surface area contributed by atoms with Crippen molar-refractivity contribution in [2.24, 2.45) is 0 Å². The molecule has 0 unspecified atom stereocenters. The van der Waals surface area contributed by atoms with Crippen molar-refractivity contribution < 1.29 is 9.90 Å². The van der Waals surface area contributed by atoms with E-state index in [2.05, 4.69) is 0 Å². The van der Waals surface area contributed by atoms with Crippen molar-refractivity contribution in [2.75, 3.05) is 0 Å². The van der Waals surface area contributed by atoms with Crippen molar-refractivity contribution >= 4 is 5.97 Å². The summed E-state index contributed by atoms with van der Waals surface area (Å²) in [6.45, 7) is 1.98. The number of hydrogen-bond acceptors (Lipinski definition) is 1. The van der Waals surface area contributed by atoms with Crippen LogP contribution in [0.3, 0.4) is 0 Å². The molecule has 22 heavy (non-hydrogen) atoms. The predicted octanol–water partition coefficient (Wildman–Crippen LogP) is 4.22. The van der Waals surface area contributed by atoms with E-state index in [1.807, 2.05) is 78.2 Å². The molecule has 0 saturated heterocycles. The molecule has 0 aliphatic heterocycles. The summed E-state index contributed by atoms with van der Waals surface area (Å²) in [6.07, 6.45) is 0. The normalized spacial score (nSPS) is 10.6. The first-order valence-electron chi connectivity index (χ1n) is 7.19. The number of aromatic nitrogens is 1. The number of aliphatic carboxylic acids is 1. The van der Waals surface area contributed by atoms with Gasteiger partial charge in [-0.1, -0.05) is 60.2 Å². The van der Waals surface area contributed by atoms with Gasteiger partial charge < -0.3 is 9.67 Å². The molecule has 1 N–H and O–H groups in total. The number of nitrogens with zero attached hydrogens (tertiary/aromatic N) is 1. The molecule has 110 valence electrons. The van der Waals surface area contributed by atoms with Crippen LogP contribution in [0.5, 0.6) is 0 Å². The first-order valence-corrected chi connectivity index (χ1v) is 7.19. The third-order valence-electron chi connectivity index (χ3n) is 3.69. The average molecular weight is 291 g/mol. The fourth-order valence-electron chi connectivity index (χ4n) is 2.61. The molecule has 2 aromatic carbocycles. The molecule has 3 nitrogen and oxygen atoms in total. The molecule has 0 aliphatic carbocycles. The van der Waals surface area contributed by atoms with Crippen molar-refractivity contribution in [3.8, 4) is 22.5 Å². The van der Waals surface area contributed by atoms with E-state index in [-0.39, 0.29) is 6.54 Å². The lowest BCUT2D eigenvalue weighted by Gasteiger charge is -2.12. The van der Waals surface area contributed by atoms with Crippen LogP contribution in [0.25, 0.3) is 22.5 Å². The van der Waals surface area contributed by atoms with Crippen LogP contribution in [0.15, 0.2) is 66.7 Å². The van der Waals surface area contributed by atoms with Gasteiger partial charge in [-0.2, -0.15) is 0 Å². The van der Waals surface area contributed by atoms with Gasteiger partial charge in [0.15, 0.2) is 0 Å². The van der Waals surface area contributed by atoms with Crippen LogP contribution in [0.2, 0.25) is 0 Å². The predicted molar refractivity (Wildman–Crippen MR) is 87.7 cm³/mol.